The van der Waals surface area contributed by atoms with Gasteiger partial charge in [0.25, 0.3) is 0 Å². The molecule has 0 aromatic heterocycles. The minimum absolute atomic E-state index is 0.0279. The zero-order chi connectivity index (χ0) is 21.3. The second-order valence-electron chi connectivity index (χ2n) is 8.59. The minimum Gasteiger partial charge on any atom is -0.495 e. The number of amides is 1. The molecule has 1 saturated carbocycles. The molecule has 3 fully saturated rings. The molecule has 2 heterocycles. The van der Waals surface area contributed by atoms with Gasteiger partial charge in [0.05, 0.1) is 24.8 Å². The second kappa shape index (κ2) is 9.22. The molecule has 2 aliphatic heterocycles. The lowest BCUT2D eigenvalue weighted by Gasteiger charge is -2.48. The highest BCUT2D eigenvalue weighted by molar-refractivity contribution is 6.32. The first-order valence-electron chi connectivity index (χ1n) is 10.7. The lowest BCUT2D eigenvalue weighted by Crippen LogP contribution is -2.64. The summed E-state index contributed by atoms with van der Waals surface area (Å²) < 4.78 is 10.7. The van der Waals surface area contributed by atoms with Gasteiger partial charge < -0.3 is 20.1 Å². The number of carbonyl (C=O) groups excluding carboxylic acids is 2. The predicted octanol–water partition coefficient (Wildman–Crippen LogP) is 2.33. The summed E-state index contributed by atoms with van der Waals surface area (Å²) >= 11 is 6.13. The van der Waals surface area contributed by atoms with E-state index < -0.39 is 0 Å². The Morgan fingerprint density at radius 3 is 2.77 bits per heavy atom. The molecule has 5 atom stereocenters. The van der Waals surface area contributed by atoms with Crippen LogP contribution in [0, 0.1) is 11.8 Å². The van der Waals surface area contributed by atoms with Gasteiger partial charge >= 0.3 is 0 Å². The van der Waals surface area contributed by atoms with Crippen molar-refractivity contribution in [1.82, 2.24) is 10.2 Å². The third kappa shape index (κ3) is 4.49. The van der Waals surface area contributed by atoms with Crippen molar-refractivity contribution in [3.8, 4) is 5.75 Å². The monoisotopic (exact) mass is 435 g/mol. The highest BCUT2D eigenvalue weighted by Gasteiger charge is 2.47. The number of ketones is 1. The number of piperidine rings is 2. The molecule has 30 heavy (non-hydrogen) atoms. The van der Waals surface area contributed by atoms with Crippen molar-refractivity contribution in [3.05, 3.63) is 23.2 Å². The van der Waals surface area contributed by atoms with Crippen molar-refractivity contribution in [2.75, 3.05) is 39.2 Å². The van der Waals surface area contributed by atoms with Crippen LogP contribution in [0.2, 0.25) is 5.02 Å². The summed E-state index contributed by atoms with van der Waals surface area (Å²) in [5.74, 6) is 0.772. The van der Waals surface area contributed by atoms with Crippen molar-refractivity contribution in [1.29, 1.82) is 0 Å². The average Bonchev–Trinajstić information content (AvgIpc) is 2.74. The average molecular weight is 436 g/mol. The van der Waals surface area contributed by atoms with E-state index in [1.165, 1.54) is 0 Å². The second-order valence-corrected chi connectivity index (χ2v) is 8.99. The van der Waals surface area contributed by atoms with Crippen LogP contribution in [0.25, 0.3) is 0 Å². The van der Waals surface area contributed by atoms with Crippen molar-refractivity contribution >= 4 is 29.0 Å². The number of likely N-dealkylation sites (tertiary alicyclic amines) is 1. The fourth-order valence-corrected chi connectivity index (χ4v) is 5.47. The van der Waals surface area contributed by atoms with Gasteiger partial charge in [-0.3, -0.25) is 14.5 Å². The number of rotatable bonds is 5. The van der Waals surface area contributed by atoms with E-state index in [-0.39, 0.29) is 42.5 Å². The van der Waals surface area contributed by atoms with Gasteiger partial charge in [0.1, 0.15) is 11.5 Å². The molecule has 0 bridgehead atoms. The number of ether oxygens (including phenoxy) is 2. The van der Waals surface area contributed by atoms with Crippen LogP contribution in [-0.2, 0) is 14.3 Å². The third-order valence-corrected chi connectivity index (χ3v) is 7.09. The largest absolute Gasteiger partial charge is 0.495 e. The van der Waals surface area contributed by atoms with Crippen LogP contribution in [0.5, 0.6) is 5.75 Å². The zero-order valence-corrected chi connectivity index (χ0v) is 18.3. The molecule has 0 spiro atoms. The first kappa shape index (κ1) is 21.6. The van der Waals surface area contributed by atoms with Crippen LogP contribution >= 0.6 is 11.6 Å². The topological polar surface area (TPSA) is 79.9 Å². The molecule has 3 aliphatic rings. The molecule has 1 aromatic rings. The maximum Gasteiger partial charge on any atom is 0.238 e. The number of nitrogens with zero attached hydrogens (tertiary/aromatic N) is 1. The third-order valence-electron chi connectivity index (χ3n) is 6.79. The maximum absolute atomic E-state index is 13.2. The van der Waals surface area contributed by atoms with E-state index in [1.807, 2.05) is 0 Å². The van der Waals surface area contributed by atoms with E-state index >= 15 is 0 Å². The first-order chi connectivity index (χ1) is 14.5. The molecule has 1 amide bonds. The number of Topliss-reactive ketones (excluding diaryl/α,β-unsaturated/α-hetero) is 1. The van der Waals surface area contributed by atoms with Gasteiger partial charge in [0.15, 0.2) is 0 Å². The van der Waals surface area contributed by atoms with E-state index in [0.717, 1.165) is 32.2 Å². The SMILES string of the molecule is COc1ccc(NC(=O)CN2CCC3NC4CCC(OC)CC4C(=O)C3C2)cc1Cl. The first-order valence-corrected chi connectivity index (χ1v) is 11.0. The molecular weight excluding hydrogens is 406 g/mol. The lowest BCUT2D eigenvalue weighted by molar-refractivity contribution is -0.138. The van der Waals surface area contributed by atoms with E-state index in [0.29, 0.717) is 28.8 Å². The molecule has 5 unspecified atom stereocenters. The summed E-state index contributed by atoms with van der Waals surface area (Å²) in [4.78, 5) is 27.9. The summed E-state index contributed by atoms with van der Waals surface area (Å²) in [5.41, 5.74) is 0.631. The minimum atomic E-state index is -0.110. The summed E-state index contributed by atoms with van der Waals surface area (Å²) in [6.07, 6.45) is 3.87. The Labute approximate surface area is 182 Å². The molecule has 8 heteroatoms. The van der Waals surface area contributed by atoms with Crippen molar-refractivity contribution in [2.24, 2.45) is 11.8 Å². The van der Waals surface area contributed by atoms with Crippen LogP contribution in [0.1, 0.15) is 25.7 Å². The quantitative estimate of drug-likeness (QED) is 0.739. The Morgan fingerprint density at radius 1 is 1.23 bits per heavy atom. The standard InChI is InChI=1S/C22H30ClN3O4/c1-29-14-4-5-18-15(10-14)22(28)16-11-26(8-7-19(16)25-18)12-21(27)24-13-3-6-20(30-2)17(23)9-13/h3,6,9,14-16,18-19,25H,4-5,7-8,10-12H2,1-2H3,(H,24,27). The summed E-state index contributed by atoms with van der Waals surface area (Å²) in [5, 5.41) is 7.07. The lowest BCUT2D eigenvalue weighted by atomic mass is 9.70. The van der Waals surface area contributed by atoms with Gasteiger partial charge in [-0.1, -0.05) is 11.6 Å². The molecule has 2 saturated heterocycles. The highest BCUT2D eigenvalue weighted by atomic mass is 35.5. The Bertz CT molecular complexity index is 805. The molecule has 4 rings (SSSR count). The number of hydrogen-bond donors (Lipinski definition) is 2. The Morgan fingerprint density at radius 2 is 2.03 bits per heavy atom. The maximum atomic E-state index is 13.2. The van der Waals surface area contributed by atoms with E-state index in [4.69, 9.17) is 21.1 Å². The number of hydrogen-bond acceptors (Lipinski definition) is 6. The summed E-state index contributed by atoms with van der Waals surface area (Å²) in [6, 6.07) is 5.66. The molecule has 1 aromatic carbocycles. The van der Waals surface area contributed by atoms with Crippen molar-refractivity contribution in [3.63, 3.8) is 0 Å². The number of nitrogens with one attached hydrogen (secondary N) is 2. The van der Waals surface area contributed by atoms with Gasteiger partial charge in [-0.2, -0.15) is 0 Å². The fraction of sp³-hybridized carbons (Fsp3) is 0.636. The molecule has 164 valence electrons. The molecule has 0 radical (unpaired) electrons. The smallest absolute Gasteiger partial charge is 0.238 e. The van der Waals surface area contributed by atoms with Gasteiger partial charge in [-0.05, 0) is 43.9 Å². The Hall–Kier alpha value is -1.67. The summed E-state index contributed by atoms with van der Waals surface area (Å²) in [7, 11) is 3.28. The van der Waals surface area contributed by atoms with Crippen LogP contribution in [0.4, 0.5) is 5.69 Å². The van der Waals surface area contributed by atoms with Crippen LogP contribution < -0.4 is 15.4 Å². The van der Waals surface area contributed by atoms with Crippen LogP contribution in [-0.4, -0.2) is 68.6 Å². The summed E-state index contributed by atoms with van der Waals surface area (Å²) in [6.45, 7) is 1.68. The number of benzene rings is 1. The van der Waals surface area contributed by atoms with Gasteiger partial charge in [-0.15, -0.1) is 0 Å². The van der Waals surface area contributed by atoms with Gasteiger partial charge in [0.2, 0.25) is 5.91 Å². The number of halogens is 1. The van der Waals surface area contributed by atoms with Crippen LogP contribution in [0.3, 0.4) is 0 Å². The van der Waals surface area contributed by atoms with Gasteiger partial charge in [-0.25, -0.2) is 0 Å². The fourth-order valence-electron chi connectivity index (χ4n) is 5.21. The molecule has 1 aliphatic carbocycles. The van der Waals surface area contributed by atoms with E-state index in [1.54, 1.807) is 32.4 Å². The van der Waals surface area contributed by atoms with Crippen molar-refractivity contribution in [2.45, 2.75) is 43.9 Å². The van der Waals surface area contributed by atoms with Gasteiger partial charge in [0, 0.05) is 49.8 Å². The van der Waals surface area contributed by atoms with E-state index in [2.05, 4.69) is 15.5 Å². The Kier molecular flexibility index (Phi) is 6.63. The molecule has 2 N–H and O–H groups in total. The molecular formula is C22H30ClN3O4. The normalized spacial score (nSPS) is 31.6. The predicted molar refractivity (Wildman–Crippen MR) is 115 cm³/mol. The molecule has 7 nitrogen and oxygen atoms in total. The van der Waals surface area contributed by atoms with E-state index in [9.17, 15) is 9.59 Å². The number of carbonyl (C=O) groups is 2. The highest BCUT2D eigenvalue weighted by Crippen LogP contribution is 2.36. The number of methoxy groups -OCH3 is 2. The number of fused-ring (bicyclic) bond motifs is 2. The van der Waals surface area contributed by atoms with Crippen LogP contribution in [0.15, 0.2) is 18.2 Å². The Balaban J connectivity index is 1.34. The zero-order valence-electron chi connectivity index (χ0n) is 17.5. The van der Waals surface area contributed by atoms with Crippen molar-refractivity contribution < 1.29 is 19.1 Å². The number of anilines is 1.